The zero-order valence-electron chi connectivity index (χ0n) is 9.87. The lowest BCUT2D eigenvalue weighted by Gasteiger charge is -2.06. The molecule has 0 aliphatic carbocycles. The van der Waals surface area contributed by atoms with Crippen molar-refractivity contribution in [2.45, 2.75) is 6.92 Å². The highest BCUT2D eigenvalue weighted by Crippen LogP contribution is 2.16. The number of halogens is 2. The van der Waals surface area contributed by atoms with E-state index in [1.165, 1.54) is 10.7 Å². The maximum Gasteiger partial charge on any atom is 0.274 e. The number of hydrogen-bond donors (Lipinski definition) is 1. The minimum absolute atomic E-state index is 0.0692. The van der Waals surface area contributed by atoms with E-state index in [0.717, 1.165) is 6.07 Å². The summed E-state index contributed by atoms with van der Waals surface area (Å²) >= 11 is 0. The predicted octanol–water partition coefficient (Wildman–Crippen LogP) is 2.26. The fourth-order valence-electron chi connectivity index (χ4n) is 1.60. The molecule has 18 heavy (non-hydrogen) atoms. The zero-order chi connectivity index (χ0) is 13.3. The highest BCUT2D eigenvalue weighted by Gasteiger charge is 2.14. The van der Waals surface area contributed by atoms with Gasteiger partial charge in [0.25, 0.3) is 5.91 Å². The molecule has 0 atom stereocenters. The van der Waals surface area contributed by atoms with Crippen LogP contribution >= 0.6 is 0 Å². The Labute approximate surface area is 102 Å². The van der Waals surface area contributed by atoms with Gasteiger partial charge in [-0.3, -0.25) is 9.48 Å². The summed E-state index contributed by atoms with van der Waals surface area (Å²) in [5, 5.41) is 6.38. The Morgan fingerprint density at radius 2 is 2.06 bits per heavy atom. The monoisotopic (exact) mass is 251 g/mol. The van der Waals surface area contributed by atoms with Crippen molar-refractivity contribution >= 4 is 11.6 Å². The Balaban J connectivity index is 2.24. The first-order valence-electron chi connectivity index (χ1n) is 5.24. The van der Waals surface area contributed by atoms with Gasteiger partial charge in [0.05, 0.1) is 11.4 Å². The van der Waals surface area contributed by atoms with Crippen molar-refractivity contribution in [1.82, 2.24) is 9.78 Å². The molecule has 2 rings (SSSR count). The molecule has 6 heteroatoms. The highest BCUT2D eigenvalue weighted by molar-refractivity contribution is 6.03. The molecule has 4 nitrogen and oxygen atoms in total. The molecule has 1 N–H and O–H groups in total. The van der Waals surface area contributed by atoms with E-state index in [1.807, 2.05) is 0 Å². The molecule has 0 saturated heterocycles. The van der Waals surface area contributed by atoms with Gasteiger partial charge >= 0.3 is 0 Å². The van der Waals surface area contributed by atoms with Gasteiger partial charge < -0.3 is 5.32 Å². The maximum atomic E-state index is 13.4. The molecule has 2 aromatic rings. The molecule has 1 aromatic carbocycles. The smallest absolute Gasteiger partial charge is 0.274 e. The van der Waals surface area contributed by atoms with E-state index in [2.05, 4.69) is 10.4 Å². The van der Waals surface area contributed by atoms with Crippen molar-refractivity contribution in [2.75, 3.05) is 5.32 Å². The van der Waals surface area contributed by atoms with Crippen LogP contribution in [-0.2, 0) is 7.05 Å². The fourth-order valence-corrected chi connectivity index (χ4v) is 1.60. The van der Waals surface area contributed by atoms with Gasteiger partial charge in [-0.05, 0) is 25.1 Å². The summed E-state index contributed by atoms with van der Waals surface area (Å²) in [6.45, 7) is 1.75. The molecule has 0 saturated carbocycles. The van der Waals surface area contributed by atoms with Gasteiger partial charge in [-0.1, -0.05) is 0 Å². The van der Waals surface area contributed by atoms with Crippen molar-refractivity contribution < 1.29 is 13.6 Å². The summed E-state index contributed by atoms with van der Waals surface area (Å²) in [6, 6.07) is 4.54. The molecule has 0 bridgehead atoms. The van der Waals surface area contributed by atoms with Crippen LogP contribution in [0.1, 0.15) is 16.2 Å². The number of carbonyl (C=O) groups excluding carboxylic acids is 1. The number of nitrogens with zero attached hydrogens (tertiary/aromatic N) is 2. The molecule has 0 unspecified atom stereocenters. The number of rotatable bonds is 2. The average molecular weight is 251 g/mol. The van der Waals surface area contributed by atoms with Gasteiger partial charge in [-0.2, -0.15) is 5.10 Å². The van der Waals surface area contributed by atoms with Gasteiger partial charge in [0.15, 0.2) is 0 Å². The topological polar surface area (TPSA) is 46.9 Å². The lowest BCUT2D eigenvalue weighted by molar-refractivity contribution is 0.101. The molecule has 0 fully saturated rings. The normalized spacial score (nSPS) is 10.4. The number of amides is 1. The van der Waals surface area contributed by atoms with E-state index in [1.54, 1.807) is 20.0 Å². The van der Waals surface area contributed by atoms with Crippen molar-refractivity contribution in [3.05, 3.63) is 47.3 Å². The quantitative estimate of drug-likeness (QED) is 0.889. The van der Waals surface area contributed by atoms with Crippen LogP contribution < -0.4 is 5.32 Å². The lowest BCUT2D eigenvalue weighted by Crippen LogP contribution is -2.16. The third-order valence-electron chi connectivity index (χ3n) is 2.41. The number of hydrogen-bond acceptors (Lipinski definition) is 2. The Morgan fingerprint density at radius 1 is 1.33 bits per heavy atom. The van der Waals surface area contributed by atoms with Gasteiger partial charge in [0.2, 0.25) is 0 Å². The van der Waals surface area contributed by atoms with Crippen molar-refractivity contribution in [3.63, 3.8) is 0 Å². The SMILES string of the molecule is Cc1cc(C(=O)Nc2ccc(F)cc2F)n(C)n1. The van der Waals surface area contributed by atoms with E-state index in [-0.39, 0.29) is 5.69 Å². The predicted molar refractivity (Wildman–Crippen MR) is 62.3 cm³/mol. The van der Waals surface area contributed by atoms with Crippen LogP contribution in [0.2, 0.25) is 0 Å². The summed E-state index contributed by atoms with van der Waals surface area (Å²) in [5.74, 6) is -2.01. The van der Waals surface area contributed by atoms with Gasteiger partial charge in [-0.15, -0.1) is 0 Å². The molecule has 1 heterocycles. The zero-order valence-corrected chi connectivity index (χ0v) is 9.87. The van der Waals surface area contributed by atoms with Crippen LogP contribution in [0.4, 0.5) is 14.5 Å². The highest BCUT2D eigenvalue weighted by atomic mass is 19.1. The van der Waals surface area contributed by atoms with Crippen LogP contribution in [0.3, 0.4) is 0 Å². The molecule has 94 valence electrons. The Morgan fingerprint density at radius 3 is 2.61 bits per heavy atom. The summed E-state index contributed by atoms with van der Waals surface area (Å²) < 4.78 is 27.5. The lowest BCUT2D eigenvalue weighted by atomic mass is 10.2. The van der Waals surface area contributed by atoms with Crippen LogP contribution in [0.5, 0.6) is 0 Å². The van der Waals surface area contributed by atoms with Gasteiger partial charge in [-0.25, -0.2) is 8.78 Å². The first kappa shape index (κ1) is 12.2. The first-order valence-corrected chi connectivity index (χ1v) is 5.24. The van der Waals surface area contributed by atoms with E-state index >= 15 is 0 Å². The van der Waals surface area contributed by atoms with Crippen molar-refractivity contribution in [2.24, 2.45) is 7.05 Å². The second kappa shape index (κ2) is 4.56. The third-order valence-corrected chi connectivity index (χ3v) is 2.41. The number of anilines is 1. The number of nitrogens with one attached hydrogen (secondary N) is 1. The Hall–Kier alpha value is -2.24. The molecule has 1 aromatic heterocycles. The summed E-state index contributed by atoms with van der Waals surface area (Å²) in [7, 11) is 1.61. The van der Waals surface area contributed by atoms with E-state index in [4.69, 9.17) is 0 Å². The van der Waals surface area contributed by atoms with Crippen LogP contribution in [0.25, 0.3) is 0 Å². The second-order valence-corrected chi connectivity index (χ2v) is 3.87. The largest absolute Gasteiger partial charge is 0.318 e. The molecular weight excluding hydrogens is 240 g/mol. The van der Waals surface area contributed by atoms with Gasteiger partial charge in [0, 0.05) is 13.1 Å². The third kappa shape index (κ3) is 2.37. The number of carbonyl (C=O) groups is 1. The molecule has 0 aliphatic heterocycles. The molecule has 1 amide bonds. The summed E-state index contributed by atoms with van der Waals surface area (Å²) in [5.41, 5.74) is 0.915. The number of aromatic nitrogens is 2. The summed E-state index contributed by atoms with van der Waals surface area (Å²) in [4.78, 5) is 11.9. The maximum absolute atomic E-state index is 13.4. The van der Waals surface area contributed by atoms with Crippen molar-refractivity contribution in [1.29, 1.82) is 0 Å². The second-order valence-electron chi connectivity index (χ2n) is 3.87. The van der Waals surface area contributed by atoms with Crippen LogP contribution in [0, 0.1) is 18.6 Å². The van der Waals surface area contributed by atoms with Crippen LogP contribution in [-0.4, -0.2) is 15.7 Å². The summed E-state index contributed by atoms with van der Waals surface area (Å²) in [6.07, 6.45) is 0. The van der Waals surface area contributed by atoms with E-state index in [0.29, 0.717) is 17.5 Å². The van der Waals surface area contributed by atoms with E-state index < -0.39 is 17.5 Å². The fraction of sp³-hybridized carbons (Fsp3) is 0.167. The minimum Gasteiger partial charge on any atom is -0.318 e. The Bertz CT molecular complexity index is 607. The van der Waals surface area contributed by atoms with Crippen LogP contribution in [0.15, 0.2) is 24.3 Å². The Kier molecular flexibility index (Phi) is 3.10. The van der Waals surface area contributed by atoms with Gasteiger partial charge in [0.1, 0.15) is 17.3 Å². The molecule has 0 aliphatic rings. The molecule has 0 radical (unpaired) electrons. The van der Waals surface area contributed by atoms with Crippen molar-refractivity contribution in [3.8, 4) is 0 Å². The first-order chi connectivity index (χ1) is 8.47. The molecule has 0 spiro atoms. The number of benzene rings is 1. The average Bonchev–Trinajstić information content (AvgIpc) is 2.62. The molecular formula is C12H11F2N3O. The minimum atomic E-state index is -0.817. The number of aryl methyl sites for hydroxylation is 2. The standard InChI is InChI=1S/C12H11F2N3O/c1-7-5-11(17(2)16-7)12(18)15-10-4-3-8(13)6-9(10)14/h3-6H,1-2H3,(H,15,18). The van der Waals surface area contributed by atoms with E-state index in [9.17, 15) is 13.6 Å².